The Morgan fingerprint density at radius 3 is 2.50 bits per heavy atom. The monoisotopic (exact) mass is 246 g/mol. The maximum atomic E-state index is 11.6. The van der Waals surface area contributed by atoms with Crippen molar-refractivity contribution in [3.63, 3.8) is 0 Å². The summed E-state index contributed by atoms with van der Waals surface area (Å²) in [4.78, 5) is 16.0. The zero-order valence-electron chi connectivity index (χ0n) is 11.4. The number of rotatable bonds is 3. The van der Waals surface area contributed by atoms with Gasteiger partial charge in [0.05, 0.1) is 0 Å². The molecular formula is C15H22N2O. The van der Waals surface area contributed by atoms with Crippen molar-refractivity contribution in [3.8, 4) is 0 Å². The Labute approximate surface area is 109 Å². The average molecular weight is 246 g/mol. The van der Waals surface area contributed by atoms with Gasteiger partial charge in [-0.3, -0.25) is 4.79 Å². The van der Waals surface area contributed by atoms with E-state index in [0.29, 0.717) is 6.42 Å². The van der Waals surface area contributed by atoms with Crippen LogP contribution in [0, 0.1) is 0 Å². The first-order chi connectivity index (χ1) is 8.74. The first-order valence-corrected chi connectivity index (χ1v) is 6.86. The largest absolute Gasteiger partial charge is 0.368 e. The van der Waals surface area contributed by atoms with Crippen molar-refractivity contribution in [2.45, 2.75) is 26.7 Å². The molecule has 0 N–H and O–H groups in total. The Hall–Kier alpha value is -1.51. The number of aryl methyl sites for hydroxylation is 1. The summed E-state index contributed by atoms with van der Waals surface area (Å²) < 4.78 is 0. The van der Waals surface area contributed by atoms with E-state index in [1.807, 2.05) is 11.8 Å². The van der Waals surface area contributed by atoms with Crippen molar-refractivity contribution in [2.75, 3.05) is 31.1 Å². The molecule has 98 valence electrons. The number of piperazine rings is 1. The number of carbonyl (C=O) groups excluding carboxylic acids is 1. The van der Waals surface area contributed by atoms with E-state index in [1.165, 1.54) is 11.3 Å². The predicted octanol–water partition coefficient (Wildman–Crippen LogP) is 2.31. The number of amides is 1. The molecule has 1 aliphatic rings. The van der Waals surface area contributed by atoms with Crippen molar-refractivity contribution < 1.29 is 4.79 Å². The van der Waals surface area contributed by atoms with Crippen molar-refractivity contribution in [1.29, 1.82) is 0 Å². The summed E-state index contributed by atoms with van der Waals surface area (Å²) in [5.41, 5.74) is 2.66. The molecule has 1 aromatic carbocycles. The van der Waals surface area contributed by atoms with Crippen molar-refractivity contribution in [3.05, 3.63) is 29.8 Å². The molecule has 1 aliphatic heterocycles. The Bertz CT molecular complexity index is 409. The Kier molecular flexibility index (Phi) is 4.24. The zero-order chi connectivity index (χ0) is 13.0. The highest BCUT2D eigenvalue weighted by Gasteiger charge is 2.19. The molecule has 2 rings (SSSR count). The molecule has 18 heavy (non-hydrogen) atoms. The van der Waals surface area contributed by atoms with Crippen LogP contribution in [0.5, 0.6) is 0 Å². The predicted molar refractivity (Wildman–Crippen MR) is 74.9 cm³/mol. The smallest absolute Gasteiger partial charge is 0.222 e. The minimum absolute atomic E-state index is 0.275. The number of hydrogen-bond donors (Lipinski definition) is 0. The van der Waals surface area contributed by atoms with E-state index in [4.69, 9.17) is 0 Å². The van der Waals surface area contributed by atoms with Gasteiger partial charge in [0.15, 0.2) is 0 Å². The number of anilines is 1. The van der Waals surface area contributed by atoms with Gasteiger partial charge in [0.25, 0.3) is 0 Å². The topological polar surface area (TPSA) is 23.6 Å². The molecule has 3 heteroatoms. The number of nitrogens with zero attached hydrogens (tertiary/aromatic N) is 2. The van der Waals surface area contributed by atoms with Crippen LogP contribution < -0.4 is 4.90 Å². The van der Waals surface area contributed by atoms with Crippen LogP contribution in [0.4, 0.5) is 5.69 Å². The lowest BCUT2D eigenvalue weighted by Gasteiger charge is -2.36. The van der Waals surface area contributed by atoms with Gasteiger partial charge in [0.1, 0.15) is 0 Å². The maximum Gasteiger partial charge on any atom is 0.222 e. The molecule has 0 aliphatic carbocycles. The average Bonchev–Trinajstić information content (AvgIpc) is 2.46. The van der Waals surface area contributed by atoms with Gasteiger partial charge in [-0.2, -0.15) is 0 Å². The number of carbonyl (C=O) groups is 1. The van der Waals surface area contributed by atoms with Crippen LogP contribution in [0.15, 0.2) is 24.3 Å². The summed E-state index contributed by atoms with van der Waals surface area (Å²) in [6.07, 6.45) is 1.69. The summed E-state index contributed by atoms with van der Waals surface area (Å²) in [5, 5.41) is 0. The van der Waals surface area contributed by atoms with Gasteiger partial charge in [0.2, 0.25) is 5.91 Å². The van der Waals surface area contributed by atoms with Crippen molar-refractivity contribution >= 4 is 11.6 Å². The third-order valence-electron chi connectivity index (χ3n) is 3.62. The summed E-state index contributed by atoms with van der Waals surface area (Å²) in [6.45, 7) is 7.69. The van der Waals surface area contributed by atoms with E-state index in [0.717, 1.165) is 32.6 Å². The lowest BCUT2D eigenvalue weighted by Crippen LogP contribution is -2.48. The molecule has 0 unspecified atom stereocenters. The van der Waals surface area contributed by atoms with Crippen LogP contribution in [-0.2, 0) is 11.2 Å². The minimum Gasteiger partial charge on any atom is -0.368 e. The van der Waals surface area contributed by atoms with Gasteiger partial charge in [-0.15, -0.1) is 0 Å². The van der Waals surface area contributed by atoms with Gasteiger partial charge < -0.3 is 9.80 Å². The normalized spacial score (nSPS) is 15.9. The summed E-state index contributed by atoms with van der Waals surface area (Å²) >= 11 is 0. The third kappa shape index (κ3) is 2.84. The van der Waals surface area contributed by atoms with Gasteiger partial charge >= 0.3 is 0 Å². The fourth-order valence-corrected chi connectivity index (χ4v) is 2.41. The van der Waals surface area contributed by atoms with Crippen LogP contribution >= 0.6 is 0 Å². The molecule has 1 amide bonds. The SMILES string of the molecule is CCC(=O)N1CCN(c2cccc(CC)c2)CC1. The number of benzene rings is 1. The van der Waals surface area contributed by atoms with Gasteiger partial charge in [-0.1, -0.05) is 26.0 Å². The van der Waals surface area contributed by atoms with Crippen LogP contribution in [0.1, 0.15) is 25.8 Å². The minimum atomic E-state index is 0.275. The van der Waals surface area contributed by atoms with Crippen LogP contribution in [-0.4, -0.2) is 37.0 Å². The van der Waals surface area contributed by atoms with Gasteiger partial charge in [0, 0.05) is 38.3 Å². The van der Waals surface area contributed by atoms with Gasteiger partial charge in [-0.25, -0.2) is 0 Å². The van der Waals surface area contributed by atoms with E-state index >= 15 is 0 Å². The second kappa shape index (κ2) is 5.89. The second-order valence-electron chi connectivity index (χ2n) is 4.74. The number of hydrogen-bond acceptors (Lipinski definition) is 2. The van der Waals surface area contributed by atoms with Gasteiger partial charge in [-0.05, 0) is 24.1 Å². The Morgan fingerprint density at radius 2 is 1.89 bits per heavy atom. The Balaban J connectivity index is 1.98. The molecule has 1 aromatic rings. The standard InChI is InChI=1S/C15H22N2O/c1-3-13-6-5-7-14(12-13)16-8-10-17(11-9-16)15(18)4-2/h5-7,12H,3-4,8-11H2,1-2H3. The first-order valence-electron chi connectivity index (χ1n) is 6.86. The van der Waals surface area contributed by atoms with Crippen LogP contribution in [0.3, 0.4) is 0 Å². The summed E-state index contributed by atoms with van der Waals surface area (Å²) in [6, 6.07) is 8.71. The highest BCUT2D eigenvalue weighted by Crippen LogP contribution is 2.18. The first kappa shape index (κ1) is 12.9. The maximum absolute atomic E-state index is 11.6. The molecule has 1 saturated heterocycles. The quantitative estimate of drug-likeness (QED) is 0.817. The van der Waals surface area contributed by atoms with E-state index < -0.39 is 0 Å². The molecule has 0 bridgehead atoms. The summed E-state index contributed by atoms with van der Waals surface area (Å²) in [5.74, 6) is 0.275. The van der Waals surface area contributed by atoms with E-state index in [1.54, 1.807) is 0 Å². The molecule has 1 heterocycles. The molecule has 0 aromatic heterocycles. The van der Waals surface area contributed by atoms with Crippen molar-refractivity contribution in [1.82, 2.24) is 4.90 Å². The molecule has 0 radical (unpaired) electrons. The zero-order valence-corrected chi connectivity index (χ0v) is 11.4. The molecule has 0 saturated carbocycles. The fraction of sp³-hybridized carbons (Fsp3) is 0.533. The van der Waals surface area contributed by atoms with Crippen molar-refractivity contribution in [2.24, 2.45) is 0 Å². The Morgan fingerprint density at radius 1 is 1.17 bits per heavy atom. The highest BCUT2D eigenvalue weighted by molar-refractivity contribution is 5.76. The molecule has 3 nitrogen and oxygen atoms in total. The molecule has 0 spiro atoms. The second-order valence-corrected chi connectivity index (χ2v) is 4.74. The molecule has 0 atom stereocenters. The lowest BCUT2D eigenvalue weighted by atomic mass is 10.1. The fourth-order valence-electron chi connectivity index (χ4n) is 2.41. The van der Waals surface area contributed by atoms with E-state index in [9.17, 15) is 4.79 Å². The third-order valence-corrected chi connectivity index (χ3v) is 3.62. The molecular weight excluding hydrogens is 224 g/mol. The summed E-state index contributed by atoms with van der Waals surface area (Å²) in [7, 11) is 0. The lowest BCUT2D eigenvalue weighted by molar-refractivity contribution is -0.131. The van der Waals surface area contributed by atoms with E-state index in [2.05, 4.69) is 36.1 Å². The van der Waals surface area contributed by atoms with Crippen LogP contribution in [0.25, 0.3) is 0 Å². The van der Waals surface area contributed by atoms with Crippen LogP contribution in [0.2, 0.25) is 0 Å². The molecule has 1 fully saturated rings. The highest BCUT2D eigenvalue weighted by atomic mass is 16.2. The van der Waals surface area contributed by atoms with E-state index in [-0.39, 0.29) is 5.91 Å².